The van der Waals surface area contributed by atoms with Crippen LogP contribution in [0.2, 0.25) is 0 Å². The fraction of sp³-hybridized carbons (Fsp3) is 0.500. The summed E-state index contributed by atoms with van der Waals surface area (Å²) in [6, 6.07) is 2.71. The quantitative estimate of drug-likeness (QED) is 0.836. The molecule has 0 saturated carbocycles. The number of alkyl halides is 3. The molecule has 3 N–H and O–H groups in total. The van der Waals surface area contributed by atoms with Gasteiger partial charge >= 0.3 is 6.18 Å². The van der Waals surface area contributed by atoms with Gasteiger partial charge in [0.2, 0.25) is 5.95 Å². The summed E-state index contributed by atoms with van der Waals surface area (Å²) in [6.45, 7) is 3.10. The van der Waals surface area contributed by atoms with Crippen LogP contribution in [0, 0.1) is 6.92 Å². The third-order valence-electron chi connectivity index (χ3n) is 3.96. The number of nitrogens with two attached hydrogens (primary N) is 1. The Balaban J connectivity index is 1.66. The zero-order valence-electron chi connectivity index (χ0n) is 14.2. The Bertz CT molecular complexity index is 777. The van der Waals surface area contributed by atoms with Gasteiger partial charge in [-0.2, -0.15) is 18.2 Å². The molecule has 26 heavy (non-hydrogen) atoms. The molecular formula is C16H19F3N6O. The molecule has 3 rings (SSSR count). The number of halogens is 3. The minimum Gasteiger partial charge on any atom is -0.381 e. The highest BCUT2D eigenvalue weighted by Gasteiger charge is 2.33. The minimum absolute atomic E-state index is 0.122. The van der Waals surface area contributed by atoms with E-state index in [1.165, 1.54) is 6.92 Å². The van der Waals surface area contributed by atoms with Crippen molar-refractivity contribution in [3.8, 4) is 0 Å². The third-order valence-corrected chi connectivity index (χ3v) is 3.96. The molecule has 0 aliphatic carbocycles. The summed E-state index contributed by atoms with van der Waals surface area (Å²) in [5, 5.41) is 3.04. The summed E-state index contributed by atoms with van der Waals surface area (Å²) >= 11 is 0. The van der Waals surface area contributed by atoms with Crippen LogP contribution in [-0.2, 0) is 17.3 Å². The zero-order valence-corrected chi connectivity index (χ0v) is 14.2. The first-order valence-electron chi connectivity index (χ1n) is 8.19. The van der Waals surface area contributed by atoms with Crippen molar-refractivity contribution in [2.24, 2.45) is 0 Å². The molecule has 3 heterocycles. The fourth-order valence-electron chi connectivity index (χ4n) is 2.74. The molecule has 0 aromatic carbocycles. The lowest BCUT2D eigenvalue weighted by molar-refractivity contribution is -0.141. The number of hydrogen-bond donors (Lipinski definition) is 2. The van der Waals surface area contributed by atoms with Gasteiger partial charge in [-0.05, 0) is 19.4 Å². The number of aromatic nitrogens is 4. The van der Waals surface area contributed by atoms with Crippen molar-refractivity contribution in [1.82, 2.24) is 19.9 Å². The van der Waals surface area contributed by atoms with E-state index in [0.717, 1.165) is 18.2 Å². The Morgan fingerprint density at radius 2 is 2.04 bits per heavy atom. The molecule has 1 aliphatic heterocycles. The highest BCUT2D eigenvalue weighted by atomic mass is 19.4. The summed E-state index contributed by atoms with van der Waals surface area (Å²) in [6.07, 6.45) is -3.40. The van der Waals surface area contributed by atoms with Crippen molar-refractivity contribution in [3.63, 3.8) is 0 Å². The second-order valence-corrected chi connectivity index (χ2v) is 6.08. The molecule has 1 aliphatic rings. The molecule has 0 bridgehead atoms. The van der Waals surface area contributed by atoms with Gasteiger partial charge in [0.15, 0.2) is 0 Å². The van der Waals surface area contributed by atoms with Crippen LogP contribution in [-0.4, -0.2) is 39.7 Å². The van der Waals surface area contributed by atoms with E-state index in [0.29, 0.717) is 25.6 Å². The number of nitrogens with one attached hydrogen (secondary N) is 1. The average molecular weight is 368 g/mol. The smallest absolute Gasteiger partial charge is 0.381 e. The molecular weight excluding hydrogens is 349 g/mol. The van der Waals surface area contributed by atoms with Crippen LogP contribution in [0.25, 0.3) is 0 Å². The van der Waals surface area contributed by atoms with Crippen molar-refractivity contribution >= 4 is 11.8 Å². The first kappa shape index (κ1) is 18.3. The number of nitrogen functional groups attached to an aromatic ring is 1. The van der Waals surface area contributed by atoms with Crippen LogP contribution in [0.15, 0.2) is 12.1 Å². The van der Waals surface area contributed by atoms with E-state index < -0.39 is 11.9 Å². The highest BCUT2D eigenvalue weighted by Crippen LogP contribution is 2.28. The standard InChI is InChI=1S/C16H19F3N6O/c1-9-6-12(16(17,18)19)24-13(22-9)2-4-21-14-7-11(23-15(20)25-14)10-3-5-26-8-10/h6-7,10H,2-5,8H2,1H3,(H3,20,21,23,25). The molecule has 1 saturated heterocycles. The van der Waals surface area contributed by atoms with Crippen molar-refractivity contribution < 1.29 is 17.9 Å². The second kappa shape index (κ2) is 7.40. The number of hydrogen-bond acceptors (Lipinski definition) is 7. The molecule has 0 amide bonds. The predicted molar refractivity (Wildman–Crippen MR) is 88.6 cm³/mol. The van der Waals surface area contributed by atoms with Crippen LogP contribution in [0.3, 0.4) is 0 Å². The Morgan fingerprint density at radius 3 is 2.73 bits per heavy atom. The normalized spacial score (nSPS) is 17.5. The molecule has 2 aromatic heterocycles. The van der Waals surface area contributed by atoms with Crippen LogP contribution in [0.4, 0.5) is 24.9 Å². The summed E-state index contributed by atoms with van der Waals surface area (Å²) < 4.78 is 43.8. The van der Waals surface area contributed by atoms with Gasteiger partial charge in [-0.15, -0.1) is 0 Å². The van der Waals surface area contributed by atoms with E-state index in [4.69, 9.17) is 10.5 Å². The predicted octanol–water partition coefficient (Wildman–Crippen LogP) is 2.33. The Morgan fingerprint density at radius 1 is 1.23 bits per heavy atom. The van der Waals surface area contributed by atoms with E-state index in [1.807, 2.05) is 0 Å². The molecule has 2 aromatic rings. The van der Waals surface area contributed by atoms with E-state index in [2.05, 4.69) is 25.3 Å². The maximum absolute atomic E-state index is 12.8. The van der Waals surface area contributed by atoms with Gasteiger partial charge in [-0.25, -0.2) is 15.0 Å². The molecule has 0 spiro atoms. The van der Waals surface area contributed by atoms with Crippen LogP contribution in [0.1, 0.15) is 35.2 Å². The monoisotopic (exact) mass is 368 g/mol. The maximum Gasteiger partial charge on any atom is 0.433 e. The summed E-state index contributed by atoms with van der Waals surface area (Å²) in [4.78, 5) is 16.0. The SMILES string of the molecule is Cc1cc(C(F)(F)F)nc(CCNc2cc(C3CCOC3)nc(N)n2)n1. The molecule has 1 fully saturated rings. The van der Waals surface area contributed by atoms with Gasteiger partial charge in [0, 0.05) is 37.3 Å². The topological polar surface area (TPSA) is 98.8 Å². The van der Waals surface area contributed by atoms with Crippen LogP contribution in [0.5, 0.6) is 0 Å². The minimum atomic E-state index is -4.49. The molecule has 140 valence electrons. The Hall–Kier alpha value is -2.49. The first-order valence-corrected chi connectivity index (χ1v) is 8.19. The zero-order chi connectivity index (χ0) is 18.7. The molecule has 7 nitrogen and oxygen atoms in total. The lowest BCUT2D eigenvalue weighted by atomic mass is 10.0. The lowest BCUT2D eigenvalue weighted by Crippen LogP contribution is -2.15. The highest BCUT2D eigenvalue weighted by molar-refractivity contribution is 5.41. The van der Waals surface area contributed by atoms with Crippen LogP contribution >= 0.6 is 0 Å². The van der Waals surface area contributed by atoms with Gasteiger partial charge in [0.1, 0.15) is 17.3 Å². The summed E-state index contributed by atoms with van der Waals surface area (Å²) in [7, 11) is 0. The van der Waals surface area contributed by atoms with E-state index in [-0.39, 0.29) is 29.8 Å². The summed E-state index contributed by atoms with van der Waals surface area (Å²) in [5.74, 6) is 0.956. The molecule has 10 heteroatoms. The average Bonchev–Trinajstić information content (AvgIpc) is 3.07. The number of rotatable bonds is 5. The maximum atomic E-state index is 12.8. The van der Waals surface area contributed by atoms with Crippen molar-refractivity contribution in [2.45, 2.75) is 31.9 Å². The summed E-state index contributed by atoms with van der Waals surface area (Å²) in [5.41, 5.74) is 5.88. The Kier molecular flexibility index (Phi) is 5.21. The van der Waals surface area contributed by atoms with E-state index >= 15 is 0 Å². The van der Waals surface area contributed by atoms with Crippen LogP contribution < -0.4 is 11.1 Å². The van der Waals surface area contributed by atoms with Gasteiger partial charge in [-0.1, -0.05) is 0 Å². The fourth-order valence-corrected chi connectivity index (χ4v) is 2.74. The molecule has 0 radical (unpaired) electrons. The van der Waals surface area contributed by atoms with E-state index in [9.17, 15) is 13.2 Å². The van der Waals surface area contributed by atoms with Gasteiger partial charge in [0.25, 0.3) is 0 Å². The number of nitrogens with zero attached hydrogens (tertiary/aromatic N) is 4. The Labute approximate surface area is 148 Å². The van der Waals surface area contributed by atoms with Gasteiger partial charge < -0.3 is 15.8 Å². The van der Waals surface area contributed by atoms with Crippen molar-refractivity contribution in [2.75, 3.05) is 30.8 Å². The first-order chi connectivity index (χ1) is 12.3. The van der Waals surface area contributed by atoms with Crippen molar-refractivity contribution in [3.05, 3.63) is 35.0 Å². The van der Waals surface area contributed by atoms with Gasteiger partial charge in [0.05, 0.1) is 12.3 Å². The largest absolute Gasteiger partial charge is 0.433 e. The number of anilines is 2. The molecule has 1 unspecified atom stereocenters. The van der Waals surface area contributed by atoms with E-state index in [1.54, 1.807) is 6.07 Å². The number of aryl methyl sites for hydroxylation is 1. The molecule has 1 atom stereocenters. The van der Waals surface area contributed by atoms with Crippen molar-refractivity contribution in [1.29, 1.82) is 0 Å². The second-order valence-electron chi connectivity index (χ2n) is 6.08. The lowest BCUT2D eigenvalue weighted by Gasteiger charge is -2.12. The third kappa shape index (κ3) is 4.57. The van der Waals surface area contributed by atoms with Gasteiger partial charge in [-0.3, -0.25) is 0 Å². The number of ether oxygens (including phenoxy) is 1.